The van der Waals surface area contributed by atoms with Crippen LogP contribution in [0.25, 0.3) is 0 Å². The van der Waals surface area contributed by atoms with Gasteiger partial charge in [0, 0.05) is 25.4 Å². The Bertz CT molecular complexity index is 763. The average Bonchev–Trinajstić information content (AvgIpc) is 2.58. The summed E-state index contributed by atoms with van der Waals surface area (Å²) in [5, 5.41) is 16.1. The highest BCUT2D eigenvalue weighted by Crippen LogP contribution is 2.28. The summed E-state index contributed by atoms with van der Waals surface area (Å²) < 4.78 is 37.2. The van der Waals surface area contributed by atoms with E-state index in [9.17, 15) is 28.1 Å². The van der Waals surface area contributed by atoms with Crippen LogP contribution in [0.5, 0.6) is 0 Å². The minimum absolute atomic E-state index is 0.0693. The lowest BCUT2D eigenvalue weighted by Gasteiger charge is -2.09. The van der Waals surface area contributed by atoms with Crippen molar-refractivity contribution in [2.24, 2.45) is 0 Å². The molecule has 132 valence electrons. The molecule has 2 rings (SSSR count). The lowest BCUT2D eigenvalue weighted by molar-refractivity contribution is -0.385. The van der Waals surface area contributed by atoms with Crippen molar-refractivity contribution in [2.75, 3.05) is 18.4 Å². The van der Waals surface area contributed by atoms with E-state index >= 15 is 0 Å². The summed E-state index contributed by atoms with van der Waals surface area (Å²) in [4.78, 5) is 25.8. The van der Waals surface area contributed by atoms with Gasteiger partial charge in [0.15, 0.2) is 0 Å². The maximum absolute atomic E-state index is 12.4. The van der Waals surface area contributed by atoms with Crippen molar-refractivity contribution in [3.63, 3.8) is 0 Å². The van der Waals surface area contributed by atoms with E-state index < -0.39 is 22.6 Å². The number of hydrogen-bond acceptors (Lipinski definition) is 5. The zero-order chi connectivity index (χ0) is 18.4. The number of alkyl halides is 3. The van der Waals surface area contributed by atoms with Gasteiger partial charge in [-0.25, -0.2) is 4.98 Å². The molecule has 1 aromatic carbocycles. The summed E-state index contributed by atoms with van der Waals surface area (Å²) in [6.45, 7) is 0.290. The molecule has 7 nitrogen and oxygen atoms in total. The smallest absolute Gasteiger partial charge is 0.368 e. The third-order valence-corrected chi connectivity index (χ3v) is 3.15. The molecule has 0 radical (unpaired) electrons. The van der Waals surface area contributed by atoms with Crippen LogP contribution in [0.1, 0.15) is 15.9 Å². The van der Waals surface area contributed by atoms with Crippen molar-refractivity contribution in [1.29, 1.82) is 0 Å². The average molecular weight is 354 g/mol. The molecule has 1 amide bonds. The SMILES string of the molecule is O=C(NCCNc1ccc(C(F)(F)F)cn1)c1ccccc1[N+](=O)[O-]. The third kappa shape index (κ3) is 4.90. The van der Waals surface area contributed by atoms with Gasteiger partial charge >= 0.3 is 6.18 Å². The van der Waals surface area contributed by atoms with E-state index in [0.29, 0.717) is 6.20 Å². The number of carbonyl (C=O) groups is 1. The molecular weight excluding hydrogens is 341 g/mol. The first kappa shape index (κ1) is 18.2. The predicted octanol–water partition coefficient (Wildman–Crippen LogP) is 2.85. The second-order valence-electron chi connectivity index (χ2n) is 4.89. The minimum Gasteiger partial charge on any atom is -0.368 e. The minimum atomic E-state index is -4.45. The first-order valence-electron chi connectivity index (χ1n) is 7.08. The molecule has 0 atom stereocenters. The Morgan fingerprint density at radius 1 is 1.16 bits per heavy atom. The standard InChI is InChI=1S/C15H13F3N4O3/c16-15(17,18)10-5-6-13(21-9-10)19-7-8-20-14(23)11-3-1-2-4-12(11)22(24)25/h1-6,9H,7-8H2,(H,19,21)(H,20,23). The molecule has 0 bridgehead atoms. The summed E-state index contributed by atoms with van der Waals surface area (Å²) in [5.74, 6) is -0.401. The van der Waals surface area contributed by atoms with Gasteiger partial charge < -0.3 is 10.6 Å². The maximum atomic E-state index is 12.4. The van der Waals surface area contributed by atoms with Gasteiger partial charge in [0.2, 0.25) is 0 Å². The number of nitro groups is 1. The van der Waals surface area contributed by atoms with Crippen LogP contribution < -0.4 is 10.6 Å². The number of benzene rings is 1. The van der Waals surface area contributed by atoms with Crippen molar-refractivity contribution in [3.8, 4) is 0 Å². The fourth-order valence-corrected chi connectivity index (χ4v) is 1.95. The Morgan fingerprint density at radius 2 is 1.88 bits per heavy atom. The molecular formula is C15H13F3N4O3. The normalized spacial score (nSPS) is 11.0. The topological polar surface area (TPSA) is 97.2 Å². The van der Waals surface area contributed by atoms with Crippen LogP contribution in [0.4, 0.5) is 24.7 Å². The van der Waals surface area contributed by atoms with Gasteiger partial charge in [0.25, 0.3) is 11.6 Å². The fraction of sp³-hybridized carbons (Fsp3) is 0.200. The Labute approximate surface area is 140 Å². The van der Waals surface area contributed by atoms with Crippen LogP contribution >= 0.6 is 0 Å². The van der Waals surface area contributed by atoms with Gasteiger partial charge in [0.05, 0.1) is 10.5 Å². The van der Waals surface area contributed by atoms with Gasteiger partial charge in [-0.1, -0.05) is 12.1 Å². The number of carbonyl (C=O) groups excluding carboxylic acids is 1. The quantitative estimate of drug-likeness (QED) is 0.472. The molecule has 0 aliphatic rings. The zero-order valence-corrected chi connectivity index (χ0v) is 12.7. The third-order valence-electron chi connectivity index (χ3n) is 3.15. The Morgan fingerprint density at radius 3 is 2.48 bits per heavy atom. The number of amides is 1. The molecule has 25 heavy (non-hydrogen) atoms. The number of rotatable bonds is 6. The van der Waals surface area contributed by atoms with E-state index in [0.717, 1.165) is 6.07 Å². The largest absolute Gasteiger partial charge is 0.417 e. The number of anilines is 1. The van der Waals surface area contributed by atoms with Crippen molar-refractivity contribution in [1.82, 2.24) is 10.3 Å². The van der Waals surface area contributed by atoms with E-state index in [2.05, 4.69) is 15.6 Å². The highest BCUT2D eigenvalue weighted by atomic mass is 19.4. The number of nitrogens with zero attached hydrogens (tertiary/aromatic N) is 2. The predicted molar refractivity (Wildman–Crippen MR) is 83.2 cm³/mol. The number of nitro benzene ring substituents is 1. The molecule has 0 saturated heterocycles. The molecule has 0 fully saturated rings. The monoisotopic (exact) mass is 354 g/mol. The van der Waals surface area contributed by atoms with Gasteiger partial charge in [-0.15, -0.1) is 0 Å². The Hall–Kier alpha value is -3.17. The van der Waals surface area contributed by atoms with Crippen LogP contribution in [-0.2, 0) is 6.18 Å². The lowest BCUT2D eigenvalue weighted by Crippen LogP contribution is -2.29. The highest BCUT2D eigenvalue weighted by molar-refractivity contribution is 5.98. The molecule has 2 N–H and O–H groups in total. The van der Waals surface area contributed by atoms with Crippen LogP contribution in [-0.4, -0.2) is 28.9 Å². The van der Waals surface area contributed by atoms with Crippen molar-refractivity contribution in [2.45, 2.75) is 6.18 Å². The van der Waals surface area contributed by atoms with Gasteiger partial charge in [0.1, 0.15) is 11.4 Å². The molecule has 0 unspecified atom stereocenters. The van der Waals surface area contributed by atoms with Gasteiger partial charge in [-0.2, -0.15) is 13.2 Å². The Kier molecular flexibility index (Phi) is 5.52. The first-order chi connectivity index (χ1) is 11.8. The number of para-hydroxylation sites is 1. The van der Waals surface area contributed by atoms with E-state index in [-0.39, 0.29) is 30.2 Å². The summed E-state index contributed by atoms with van der Waals surface area (Å²) in [6.07, 6.45) is -3.75. The summed E-state index contributed by atoms with van der Waals surface area (Å²) in [7, 11) is 0. The number of halogens is 3. The molecule has 0 aliphatic heterocycles. The Balaban J connectivity index is 1.85. The second kappa shape index (κ2) is 7.60. The second-order valence-corrected chi connectivity index (χ2v) is 4.89. The molecule has 10 heteroatoms. The first-order valence-corrected chi connectivity index (χ1v) is 7.08. The summed E-state index contributed by atoms with van der Waals surface area (Å²) in [5.41, 5.74) is -1.24. The molecule has 1 heterocycles. The molecule has 2 aromatic rings. The summed E-state index contributed by atoms with van der Waals surface area (Å²) in [6, 6.07) is 7.57. The molecule has 0 saturated carbocycles. The molecule has 1 aromatic heterocycles. The van der Waals surface area contributed by atoms with Crippen molar-refractivity contribution < 1.29 is 22.9 Å². The molecule has 0 spiro atoms. The van der Waals surface area contributed by atoms with Crippen molar-refractivity contribution >= 4 is 17.4 Å². The number of hydrogen-bond donors (Lipinski definition) is 2. The van der Waals surface area contributed by atoms with Gasteiger partial charge in [-0.3, -0.25) is 14.9 Å². The van der Waals surface area contributed by atoms with Crippen LogP contribution in [0.2, 0.25) is 0 Å². The number of aromatic nitrogens is 1. The van der Waals surface area contributed by atoms with Crippen molar-refractivity contribution in [3.05, 3.63) is 63.8 Å². The molecule has 0 aliphatic carbocycles. The van der Waals surface area contributed by atoms with E-state index in [1.807, 2.05) is 0 Å². The van der Waals surface area contributed by atoms with E-state index in [4.69, 9.17) is 0 Å². The fourth-order valence-electron chi connectivity index (χ4n) is 1.95. The highest BCUT2D eigenvalue weighted by Gasteiger charge is 2.30. The summed E-state index contributed by atoms with van der Waals surface area (Å²) >= 11 is 0. The van der Waals surface area contributed by atoms with Crippen LogP contribution in [0, 0.1) is 10.1 Å². The van der Waals surface area contributed by atoms with E-state index in [1.165, 1.54) is 30.3 Å². The maximum Gasteiger partial charge on any atom is 0.417 e. The van der Waals surface area contributed by atoms with Crippen LogP contribution in [0.15, 0.2) is 42.6 Å². The number of nitrogens with one attached hydrogen (secondary N) is 2. The van der Waals surface area contributed by atoms with Gasteiger partial charge in [-0.05, 0) is 18.2 Å². The lowest BCUT2D eigenvalue weighted by atomic mass is 10.1. The van der Waals surface area contributed by atoms with E-state index in [1.54, 1.807) is 0 Å². The van der Waals surface area contributed by atoms with Crippen LogP contribution in [0.3, 0.4) is 0 Å². The zero-order valence-electron chi connectivity index (χ0n) is 12.7. The number of pyridine rings is 1.